The van der Waals surface area contributed by atoms with Crippen molar-refractivity contribution in [2.45, 2.75) is 17.4 Å². The summed E-state index contributed by atoms with van der Waals surface area (Å²) in [6.45, 7) is 0. The Morgan fingerprint density at radius 2 is 1.64 bits per heavy atom. The first-order valence-corrected chi connectivity index (χ1v) is 8.99. The molecule has 2 amide bonds. The second-order valence-corrected chi connectivity index (χ2v) is 7.08. The molecule has 0 heterocycles. The van der Waals surface area contributed by atoms with Crippen molar-refractivity contribution < 1.29 is 18.0 Å². The third kappa shape index (κ3) is 4.88. The van der Waals surface area contributed by atoms with Crippen LogP contribution in [0.4, 0.5) is 0 Å². The van der Waals surface area contributed by atoms with E-state index in [-0.39, 0.29) is 17.2 Å². The maximum Gasteiger partial charge on any atom is 0.251 e. The molecule has 7 nitrogen and oxygen atoms in total. The van der Waals surface area contributed by atoms with Crippen molar-refractivity contribution in [2.24, 2.45) is 5.73 Å². The van der Waals surface area contributed by atoms with Crippen LogP contribution in [0.25, 0.3) is 0 Å². The summed E-state index contributed by atoms with van der Waals surface area (Å²) in [6, 6.07) is 13.3. The zero-order valence-electron chi connectivity index (χ0n) is 13.6. The highest BCUT2D eigenvalue weighted by Gasteiger charge is 2.24. The van der Waals surface area contributed by atoms with Crippen LogP contribution >= 0.6 is 0 Å². The van der Waals surface area contributed by atoms with Crippen molar-refractivity contribution in [1.29, 1.82) is 0 Å². The van der Waals surface area contributed by atoms with Gasteiger partial charge in [-0.3, -0.25) is 9.59 Å². The van der Waals surface area contributed by atoms with Gasteiger partial charge in [0.1, 0.15) is 6.04 Å². The van der Waals surface area contributed by atoms with Crippen LogP contribution in [-0.2, 0) is 21.2 Å². The van der Waals surface area contributed by atoms with Gasteiger partial charge in [0.15, 0.2) is 0 Å². The maximum absolute atomic E-state index is 12.5. The quantitative estimate of drug-likeness (QED) is 0.662. The molecule has 0 radical (unpaired) electrons. The number of carbonyl (C=O) groups is 2. The Labute approximate surface area is 146 Å². The molecule has 25 heavy (non-hydrogen) atoms. The highest BCUT2D eigenvalue weighted by Crippen LogP contribution is 2.12. The van der Waals surface area contributed by atoms with E-state index in [1.54, 1.807) is 24.3 Å². The van der Waals surface area contributed by atoms with E-state index in [2.05, 4.69) is 10.0 Å². The van der Waals surface area contributed by atoms with E-state index in [1.165, 1.54) is 31.3 Å². The summed E-state index contributed by atoms with van der Waals surface area (Å²) in [4.78, 5) is 23.1. The molecule has 132 valence electrons. The number of nitrogens with two attached hydrogens (primary N) is 1. The predicted molar refractivity (Wildman–Crippen MR) is 93.3 cm³/mol. The highest BCUT2D eigenvalue weighted by atomic mass is 32.2. The smallest absolute Gasteiger partial charge is 0.251 e. The van der Waals surface area contributed by atoms with Gasteiger partial charge in [-0.25, -0.2) is 8.42 Å². The van der Waals surface area contributed by atoms with Gasteiger partial charge in [-0.05, 0) is 36.2 Å². The van der Waals surface area contributed by atoms with Crippen LogP contribution in [0, 0.1) is 0 Å². The summed E-state index contributed by atoms with van der Waals surface area (Å²) in [5, 5.41) is 2.45. The van der Waals surface area contributed by atoms with Gasteiger partial charge in [0.05, 0.1) is 4.90 Å². The van der Waals surface area contributed by atoms with Gasteiger partial charge in [0.2, 0.25) is 15.9 Å². The van der Waals surface area contributed by atoms with Gasteiger partial charge in [-0.15, -0.1) is 0 Å². The minimum absolute atomic E-state index is 0.0561. The van der Waals surface area contributed by atoms with Crippen molar-refractivity contribution in [2.75, 3.05) is 7.05 Å². The SMILES string of the molecule is CNC(=O)c1ccc(S(=O)(=O)N[C@@H](Cc2ccccc2)C(N)=O)cc1. The third-order valence-electron chi connectivity index (χ3n) is 3.58. The van der Waals surface area contributed by atoms with Crippen LogP contribution in [0.1, 0.15) is 15.9 Å². The molecule has 0 saturated carbocycles. The average molecular weight is 361 g/mol. The summed E-state index contributed by atoms with van der Waals surface area (Å²) in [5.41, 5.74) is 6.45. The van der Waals surface area contributed by atoms with Crippen LogP contribution in [-0.4, -0.2) is 33.3 Å². The maximum atomic E-state index is 12.5. The zero-order valence-corrected chi connectivity index (χ0v) is 14.4. The Hall–Kier alpha value is -2.71. The lowest BCUT2D eigenvalue weighted by molar-refractivity contribution is -0.119. The molecular formula is C17H19N3O4S. The molecule has 8 heteroatoms. The summed E-state index contributed by atoms with van der Waals surface area (Å²) >= 11 is 0. The fourth-order valence-corrected chi connectivity index (χ4v) is 3.44. The van der Waals surface area contributed by atoms with E-state index in [9.17, 15) is 18.0 Å². The van der Waals surface area contributed by atoms with Crippen molar-refractivity contribution >= 4 is 21.8 Å². The highest BCUT2D eigenvalue weighted by molar-refractivity contribution is 7.89. The topological polar surface area (TPSA) is 118 Å². The van der Waals surface area contributed by atoms with Crippen molar-refractivity contribution in [3.63, 3.8) is 0 Å². The molecule has 4 N–H and O–H groups in total. The molecule has 0 aromatic heterocycles. The Morgan fingerprint density at radius 1 is 1.04 bits per heavy atom. The van der Waals surface area contributed by atoms with Gasteiger partial charge in [0.25, 0.3) is 5.91 Å². The summed E-state index contributed by atoms with van der Waals surface area (Å²) in [7, 11) is -2.47. The monoisotopic (exact) mass is 361 g/mol. The number of hydrogen-bond donors (Lipinski definition) is 3. The summed E-state index contributed by atoms with van der Waals surface area (Å²) in [6.07, 6.45) is 0.145. The summed E-state index contributed by atoms with van der Waals surface area (Å²) < 4.78 is 27.3. The number of nitrogens with one attached hydrogen (secondary N) is 2. The fourth-order valence-electron chi connectivity index (χ4n) is 2.24. The largest absolute Gasteiger partial charge is 0.368 e. The average Bonchev–Trinajstić information content (AvgIpc) is 2.61. The van der Waals surface area contributed by atoms with Crippen molar-refractivity contribution in [1.82, 2.24) is 10.0 Å². The second-order valence-electron chi connectivity index (χ2n) is 5.37. The van der Waals surface area contributed by atoms with Gasteiger partial charge in [-0.2, -0.15) is 4.72 Å². The molecule has 0 aliphatic rings. The number of benzene rings is 2. The number of rotatable bonds is 7. The lowest BCUT2D eigenvalue weighted by atomic mass is 10.1. The number of hydrogen-bond acceptors (Lipinski definition) is 4. The second kappa shape index (κ2) is 7.91. The van der Waals surface area contributed by atoms with E-state index >= 15 is 0 Å². The van der Waals surface area contributed by atoms with Gasteiger partial charge >= 0.3 is 0 Å². The van der Waals surface area contributed by atoms with Crippen molar-refractivity contribution in [3.05, 3.63) is 65.7 Å². The van der Waals surface area contributed by atoms with E-state index in [1.807, 2.05) is 6.07 Å². The standard InChI is InChI=1S/C17H19N3O4S/c1-19-17(22)13-7-9-14(10-8-13)25(23,24)20-15(16(18)21)11-12-5-3-2-4-6-12/h2-10,15,20H,11H2,1H3,(H2,18,21)(H,19,22)/t15-/m0/s1. The molecule has 0 aliphatic carbocycles. The zero-order chi connectivity index (χ0) is 18.4. The molecule has 0 aliphatic heterocycles. The van der Waals surface area contributed by atoms with Crippen LogP contribution in [0.3, 0.4) is 0 Å². The molecular weight excluding hydrogens is 342 g/mol. The molecule has 1 atom stereocenters. The molecule has 0 saturated heterocycles. The lowest BCUT2D eigenvalue weighted by Crippen LogP contribution is -2.45. The fraction of sp³-hybridized carbons (Fsp3) is 0.176. The lowest BCUT2D eigenvalue weighted by Gasteiger charge is -2.16. The van der Waals surface area contributed by atoms with Crippen molar-refractivity contribution in [3.8, 4) is 0 Å². The normalized spacial score (nSPS) is 12.4. The molecule has 2 aromatic rings. The van der Waals surface area contributed by atoms with E-state index in [0.717, 1.165) is 5.56 Å². The number of amides is 2. The van der Waals surface area contributed by atoms with Gasteiger partial charge < -0.3 is 11.1 Å². The molecule has 2 rings (SSSR count). The van der Waals surface area contributed by atoms with E-state index in [0.29, 0.717) is 5.56 Å². The number of sulfonamides is 1. The van der Waals surface area contributed by atoms with Crippen LogP contribution < -0.4 is 15.8 Å². The molecule has 0 bridgehead atoms. The Morgan fingerprint density at radius 3 is 2.16 bits per heavy atom. The van der Waals surface area contributed by atoms with E-state index < -0.39 is 22.0 Å². The minimum atomic E-state index is -3.96. The Bertz CT molecular complexity index is 849. The molecule has 0 fully saturated rings. The van der Waals surface area contributed by atoms with Gasteiger partial charge in [0, 0.05) is 12.6 Å². The first-order chi connectivity index (χ1) is 11.8. The predicted octanol–water partition coefficient (Wildman–Crippen LogP) is 0.421. The van der Waals surface area contributed by atoms with E-state index in [4.69, 9.17) is 5.73 Å². The number of carbonyl (C=O) groups excluding carboxylic acids is 2. The van der Waals surface area contributed by atoms with Crippen LogP contribution in [0.2, 0.25) is 0 Å². The van der Waals surface area contributed by atoms with Crippen LogP contribution in [0.15, 0.2) is 59.5 Å². The molecule has 0 unspecified atom stereocenters. The van der Waals surface area contributed by atoms with Gasteiger partial charge in [-0.1, -0.05) is 30.3 Å². The third-order valence-corrected chi connectivity index (χ3v) is 5.06. The Kier molecular flexibility index (Phi) is 5.89. The molecule has 2 aromatic carbocycles. The first kappa shape index (κ1) is 18.6. The first-order valence-electron chi connectivity index (χ1n) is 7.51. The summed E-state index contributed by atoms with van der Waals surface area (Å²) in [5.74, 6) is -1.09. The minimum Gasteiger partial charge on any atom is -0.368 e. The number of primary amides is 1. The Balaban J connectivity index is 2.19. The molecule has 0 spiro atoms. The van der Waals surface area contributed by atoms with Crippen LogP contribution in [0.5, 0.6) is 0 Å².